The minimum Gasteiger partial charge on any atom is -0.507 e. The summed E-state index contributed by atoms with van der Waals surface area (Å²) in [6, 6.07) is 19.3. The molecule has 0 aliphatic carbocycles. The first-order chi connectivity index (χ1) is 17.4. The van der Waals surface area contributed by atoms with Gasteiger partial charge in [-0.25, -0.2) is 0 Å². The lowest BCUT2D eigenvalue weighted by atomic mass is 9.94. The van der Waals surface area contributed by atoms with Crippen molar-refractivity contribution in [2.24, 2.45) is 0 Å². The predicted octanol–water partition coefficient (Wildman–Crippen LogP) is 4.69. The van der Waals surface area contributed by atoms with Crippen LogP contribution in [0.4, 0.5) is 0 Å². The number of likely N-dealkylation sites (tertiary alicyclic amines) is 1. The van der Waals surface area contributed by atoms with Crippen LogP contribution < -0.4 is 14.2 Å². The molecule has 0 aromatic heterocycles. The van der Waals surface area contributed by atoms with Gasteiger partial charge in [0.05, 0.1) is 32.9 Å². The molecule has 3 aromatic carbocycles. The number of methoxy groups -OCH3 is 3. The van der Waals surface area contributed by atoms with Crippen LogP contribution in [0.25, 0.3) is 5.76 Å². The molecule has 0 bridgehead atoms. The first kappa shape index (κ1) is 24.9. The van der Waals surface area contributed by atoms with E-state index >= 15 is 0 Å². The number of hydrogen-bond donors (Lipinski definition) is 1. The van der Waals surface area contributed by atoms with Crippen molar-refractivity contribution in [2.75, 3.05) is 27.9 Å². The van der Waals surface area contributed by atoms with Crippen LogP contribution in [-0.2, 0) is 16.0 Å². The van der Waals surface area contributed by atoms with Crippen LogP contribution in [0.5, 0.6) is 17.2 Å². The van der Waals surface area contributed by atoms with E-state index in [1.807, 2.05) is 55.5 Å². The van der Waals surface area contributed by atoms with Gasteiger partial charge < -0.3 is 24.2 Å². The van der Waals surface area contributed by atoms with E-state index in [9.17, 15) is 14.7 Å². The fourth-order valence-electron chi connectivity index (χ4n) is 4.55. The first-order valence-electron chi connectivity index (χ1n) is 11.6. The van der Waals surface area contributed by atoms with Crippen molar-refractivity contribution in [3.63, 3.8) is 0 Å². The number of ether oxygens (including phenoxy) is 3. The zero-order valence-electron chi connectivity index (χ0n) is 20.8. The minimum absolute atomic E-state index is 0.0757. The van der Waals surface area contributed by atoms with E-state index in [1.54, 1.807) is 39.5 Å². The summed E-state index contributed by atoms with van der Waals surface area (Å²) in [5.41, 5.74) is 2.96. The highest BCUT2D eigenvalue weighted by Crippen LogP contribution is 2.40. The fourth-order valence-corrected chi connectivity index (χ4v) is 4.55. The highest BCUT2D eigenvalue weighted by Gasteiger charge is 2.45. The molecule has 1 N–H and O–H groups in total. The molecule has 1 heterocycles. The number of carbonyl (C=O) groups is 2. The summed E-state index contributed by atoms with van der Waals surface area (Å²) in [4.78, 5) is 28.0. The van der Waals surface area contributed by atoms with Gasteiger partial charge in [0.2, 0.25) is 0 Å². The molecule has 36 heavy (non-hydrogen) atoms. The molecule has 1 saturated heterocycles. The molecule has 1 aliphatic heterocycles. The molecular weight excluding hydrogens is 458 g/mol. The monoisotopic (exact) mass is 487 g/mol. The van der Waals surface area contributed by atoms with Gasteiger partial charge in [-0.1, -0.05) is 36.4 Å². The predicted molar refractivity (Wildman–Crippen MR) is 136 cm³/mol. The van der Waals surface area contributed by atoms with Crippen LogP contribution in [0.15, 0.2) is 72.3 Å². The molecule has 0 radical (unpaired) electrons. The minimum atomic E-state index is -0.715. The third-order valence-electron chi connectivity index (χ3n) is 6.43. The molecule has 0 saturated carbocycles. The standard InChI is InChI=1S/C29H29NO6/c1-18-16-21(34-2)11-12-22(18)27(31)25-26(20-8-6-5-7-9-20)30(29(33)28(25)32)15-14-19-10-13-23(35-3)24(17-19)36-4/h5-13,16-17,26,31H,14-15H2,1-4H3/b27-25-. The number of amides is 1. The summed E-state index contributed by atoms with van der Waals surface area (Å²) >= 11 is 0. The highest BCUT2D eigenvalue weighted by atomic mass is 16.5. The maximum absolute atomic E-state index is 13.3. The largest absolute Gasteiger partial charge is 0.507 e. The summed E-state index contributed by atoms with van der Waals surface area (Å²) < 4.78 is 16.0. The molecule has 186 valence electrons. The number of aliphatic hydroxyl groups is 1. The summed E-state index contributed by atoms with van der Waals surface area (Å²) in [7, 11) is 4.70. The van der Waals surface area contributed by atoms with Gasteiger partial charge in [-0.15, -0.1) is 0 Å². The highest BCUT2D eigenvalue weighted by molar-refractivity contribution is 6.46. The normalized spacial score (nSPS) is 16.8. The Morgan fingerprint density at radius 2 is 1.61 bits per heavy atom. The Hall–Kier alpha value is -4.26. The molecule has 1 unspecified atom stereocenters. The number of hydrogen-bond acceptors (Lipinski definition) is 6. The topological polar surface area (TPSA) is 85.3 Å². The molecule has 7 heteroatoms. The van der Waals surface area contributed by atoms with Crippen LogP contribution in [-0.4, -0.2) is 49.6 Å². The van der Waals surface area contributed by atoms with Crippen LogP contribution in [0.2, 0.25) is 0 Å². The Bertz CT molecular complexity index is 1310. The van der Waals surface area contributed by atoms with E-state index < -0.39 is 17.7 Å². The number of ketones is 1. The van der Waals surface area contributed by atoms with Crippen LogP contribution in [0.3, 0.4) is 0 Å². The van der Waals surface area contributed by atoms with Crippen LogP contribution >= 0.6 is 0 Å². The molecule has 7 nitrogen and oxygen atoms in total. The molecule has 1 aliphatic rings. The van der Waals surface area contributed by atoms with Crippen molar-refractivity contribution in [1.29, 1.82) is 0 Å². The van der Waals surface area contributed by atoms with E-state index in [0.29, 0.717) is 29.2 Å². The van der Waals surface area contributed by atoms with E-state index in [1.165, 1.54) is 4.90 Å². The van der Waals surface area contributed by atoms with Crippen molar-refractivity contribution in [2.45, 2.75) is 19.4 Å². The maximum Gasteiger partial charge on any atom is 0.295 e. The van der Waals surface area contributed by atoms with Crippen molar-refractivity contribution in [3.8, 4) is 17.2 Å². The van der Waals surface area contributed by atoms with Crippen molar-refractivity contribution >= 4 is 17.4 Å². The van der Waals surface area contributed by atoms with E-state index in [4.69, 9.17) is 14.2 Å². The lowest BCUT2D eigenvalue weighted by Crippen LogP contribution is -2.31. The third-order valence-corrected chi connectivity index (χ3v) is 6.43. The molecular formula is C29H29NO6. The average molecular weight is 488 g/mol. The number of benzene rings is 3. The molecule has 1 fully saturated rings. The lowest BCUT2D eigenvalue weighted by Gasteiger charge is -2.25. The van der Waals surface area contributed by atoms with Crippen molar-refractivity contribution in [3.05, 3.63) is 94.6 Å². The van der Waals surface area contributed by atoms with Gasteiger partial charge >= 0.3 is 0 Å². The smallest absolute Gasteiger partial charge is 0.295 e. The van der Waals surface area contributed by atoms with Crippen molar-refractivity contribution < 1.29 is 28.9 Å². The summed E-state index contributed by atoms with van der Waals surface area (Å²) in [6.07, 6.45) is 0.484. The van der Waals surface area contributed by atoms with Crippen LogP contribution in [0, 0.1) is 6.92 Å². The number of aliphatic hydroxyl groups excluding tert-OH is 1. The van der Waals surface area contributed by atoms with Gasteiger partial charge in [0.1, 0.15) is 11.5 Å². The zero-order valence-corrected chi connectivity index (χ0v) is 20.8. The van der Waals surface area contributed by atoms with Gasteiger partial charge in [-0.05, 0) is 60.4 Å². The van der Waals surface area contributed by atoms with Gasteiger partial charge in [0.25, 0.3) is 11.7 Å². The average Bonchev–Trinajstić information content (AvgIpc) is 3.16. The number of aryl methyl sites for hydroxylation is 1. The molecule has 0 spiro atoms. The Labute approximate surface area is 210 Å². The Morgan fingerprint density at radius 3 is 2.25 bits per heavy atom. The summed E-state index contributed by atoms with van der Waals surface area (Å²) in [5.74, 6) is 0.295. The summed E-state index contributed by atoms with van der Waals surface area (Å²) in [5, 5.41) is 11.3. The van der Waals surface area contributed by atoms with Gasteiger partial charge in [0, 0.05) is 12.1 Å². The first-order valence-corrected chi connectivity index (χ1v) is 11.6. The maximum atomic E-state index is 13.3. The van der Waals surface area contributed by atoms with E-state index in [0.717, 1.165) is 16.7 Å². The Kier molecular flexibility index (Phi) is 7.29. The molecule has 1 atom stereocenters. The lowest BCUT2D eigenvalue weighted by molar-refractivity contribution is -0.139. The number of Topliss-reactive ketones (excluding diaryl/α,β-unsaturated/α-hetero) is 1. The second-order valence-electron chi connectivity index (χ2n) is 8.52. The van der Waals surface area contributed by atoms with E-state index in [-0.39, 0.29) is 17.9 Å². The van der Waals surface area contributed by atoms with E-state index in [2.05, 4.69) is 0 Å². The molecule has 1 amide bonds. The Morgan fingerprint density at radius 1 is 0.889 bits per heavy atom. The SMILES string of the molecule is COc1ccc(/C(O)=C2/C(=O)C(=O)N(CCc3ccc(OC)c(OC)c3)C2c2ccccc2)c(C)c1. The number of carbonyl (C=O) groups excluding carboxylic acids is 2. The van der Waals surface area contributed by atoms with Crippen molar-refractivity contribution in [1.82, 2.24) is 4.90 Å². The van der Waals surface area contributed by atoms with Crippen LogP contribution in [0.1, 0.15) is 28.3 Å². The number of nitrogens with zero attached hydrogens (tertiary/aromatic N) is 1. The fraction of sp³-hybridized carbons (Fsp3) is 0.241. The second-order valence-corrected chi connectivity index (χ2v) is 8.52. The van der Waals surface area contributed by atoms with Gasteiger partial charge in [-0.2, -0.15) is 0 Å². The number of rotatable bonds is 8. The quantitative estimate of drug-likeness (QED) is 0.282. The molecule has 4 rings (SSSR count). The molecule has 3 aromatic rings. The summed E-state index contributed by atoms with van der Waals surface area (Å²) in [6.45, 7) is 2.10. The third kappa shape index (κ3) is 4.64. The van der Waals surface area contributed by atoms with Gasteiger partial charge in [-0.3, -0.25) is 9.59 Å². The zero-order chi connectivity index (χ0) is 25.8. The Balaban J connectivity index is 1.74. The second kappa shape index (κ2) is 10.6. The van der Waals surface area contributed by atoms with Gasteiger partial charge in [0.15, 0.2) is 11.5 Å².